The summed E-state index contributed by atoms with van der Waals surface area (Å²) in [6, 6.07) is 12.8. The summed E-state index contributed by atoms with van der Waals surface area (Å²) < 4.78 is 5.75. The first-order chi connectivity index (χ1) is 16.8. The van der Waals surface area contributed by atoms with E-state index in [1.807, 2.05) is 24.4 Å². The van der Waals surface area contributed by atoms with Crippen molar-refractivity contribution in [1.82, 2.24) is 35.1 Å². The van der Waals surface area contributed by atoms with Gasteiger partial charge in [0, 0.05) is 62.8 Å². The fraction of sp³-hybridized carbons (Fsp3) is 0.385. The molecule has 0 radical (unpaired) electrons. The number of nitrogens with zero attached hydrogens (tertiary/aromatic N) is 5. The van der Waals surface area contributed by atoms with Gasteiger partial charge in [-0.3, -0.25) is 9.88 Å². The summed E-state index contributed by atoms with van der Waals surface area (Å²) in [5.74, 6) is 1.58. The van der Waals surface area contributed by atoms with Gasteiger partial charge in [0.15, 0.2) is 0 Å². The summed E-state index contributed by atoms with van der Waals surface area (Å²) in [4.78, 5) is 24.2. The molecule has 0 amide bonds. The monoisotopic (exact) mass is 455 g/mol. The van der Waals surface area contributed by atoms with Crippen molar-refractivity contribution in [2.24, 2.45) is 5.92 Å². The van der Waals surface area contributed by atoms with Crippen molar-refractivity contribution < 1.29 is 4.74 Å². The highest BCUT2D eigenvalue weighted by atomic mass is 16.5. The Bertz CT molecular complexity index is 1280. The smallest absolute Gasteiger partial charge is 0.316 e. The minimum atomic E-state index is 0.446. The number of piperazine rings is 1. The lowest BCUT2D eigenvalue weighted by atomic mass is 10.1. The highest BCUT2D eigenvalue weighted by Gasteiger charge is 2.22. The van der Waals surface area contributed by atoms with Crippen LogP contribution in [0.2, 0.25) is 0 Å². The molecule has 6 rings (SSSR count). The van der Waals surface area contributed by atoms with Crippen molar-refractivity contribution in [2.75, 3.05) is 32.8 Å². The van der Waals surface area contributed by atoms with E-state index in [1.165, 1.54) is 18.4 Å². The summed E-state index contributed by atoms with van der Waals surface area (Å²) in [7, 11) is 0. The molecule has 2 N–H and O–H groups in total. The third kappa shape index (κ3) is 5.08. The first kappa shape index (κ1) is 21.2. The van der Waals surface area contributed by atoms with Crippen LogP contribution in [0.3, 0.4) is 0 Å². The van der Waals surface area contributed by atoms with Crippen molar-refractivity contribution in [1.29, 1.82) is 0 Å². The maximum absolute atomic E-state index is 5.75. The standard InChI is InChI=1S/C26H29N7O/c1-2-18(1)17-34-26-29-8-6-22(32-26)20-3-4-23-24(14-20)31-25(30-23)15-21-13-19(5-7-28-21)16-33-11-9-27-10-12-33/h3-8,13-14,18,27H,1-2,9-12,15-17H2,(H,30,31). The summed E-state index contributed by atoms with van der Waals surface area (Å²) in [6.07, 6.45) is 6.83. The Kier molecular flexibility index (Phi) is 5.91. The Labute approximate surface area is 198 Å². The van der Waals surface area contributed by atoms with Crippen LogP contribution in [-0.4, -0.2) is 62.6 Å². The van der Waals surface area contributed by atoms with Gasteiger partial charge in [-0.05, 0) is 54.7 Å². The van der Waals surface area contributed by atoms with Crippen molar-refractivity contribution >= 4 is 11.0 Å². The lowest BCUT2D eigenvalue weighted by molar-refractivity contribution is 0.233. The van der Waals surface area contributed by atoms with Crippen LogP contribution in [-0.2, 0) is 13.0 Å². The molecule has 0 spiro atoms. The zero-order chi connectivity index (χ0) is 22.7. The summed E-state index contributed by atoms with van der Waals surface area (Å²) in [5, 5.41) is 3.41. The Morgan fingerprint density at radius 2 is 1.85 bits per heavy atom. The Hall–Kier alpha value is -3.36. The second-order valence-electron chi connectivity index (χ2n) is 9.25. The number of imidazole rings is 1. The van der Waals surface area contributed by atoms with Crippen LogP contribution < -0.4 is 10.1 Å². The molecule has 0 unspecified atom stereocenters. The number of fused-ring (bicyclic) bond motifs is 1. The maximum Gasteiger partial charge on any atom is 0.316 e. The minimum absolute atomic E-state index is 0.446. The molecule has 4 heterocycles. The molecule has 174 valence electrons. The molecule has 34 heavy (non-hydrogen) atoms. The quantitative estimate of drug-likeness (QED) is 0.422. The fourth-order valence-electron chi connectivity index (χ4n) is 4.38. The van der Waals surface area contributed by atoms with Crippen LogP contribution >= 0.6 is 0 Å². The van der Waals surface area contributed by atoms with E-state index in [2.05, 4.69) is 48.4 Å². The van der Waals surface area contributed by atoms with Gasteiger partial charge in [0.05, 0.1) is 23.3 Å². The average molecular weight is 456 g/mol. The highest BCUT2D eigenvalue weighted by molar-refractivity contribution is 5.81. The predicted molar refractivity (Wildman–Crippen MR) is 131 cm³/mol. The van der Waals surface area contributed by atoms with Gasteiger partial charge < -0.3 is 15.0 Å². The molecular formula is C26H29N7O. The summed E-state index contributed by atoms with van der Waals surface area (Å²) >= 11 is 0. The summed E-state index contributed by atoms with van der Waals surface area (Å²) in [6.45, 7) is 5.96. The van der Waals surface area contributed by atoms with Crippen LogP contribution in [0.15, 0.2) is 48.8 Å². The number of aromatic nitrogens is 5. The number of rotatable bonds is 8. The number of benzene rings is 1. The van der Waals surface area contributed by atoms with E-state index in [0.29, 0.717) is 25.0 Å². The van der Waals surface area contributed by atoms with Crippen molar-refractivity contribution in [3.05, 3.63) is 65.9 Å². The molecule has 2 aliphatic rings. The zero-order valence-electron chi connectivity index (χ0n) is 19.2. The normalized spacial score (nSPS) is 16.7. The van der Waals surface area contributed by atoms with Crippen LogP contribution in [0.1, 0.15) is 29.9 Å². The van der Waals surface area contributed by atoms with E-state index < -0.39 is 0 Å². The fourth-order valence-corrected chi connectivity index (χ4v) is 4.38. The van der Waals surface area contributed by atoms with E-state index in [-0.39, 0.29) is 0 Å². The van der Waals surface area contributed by atoms with Crippen LogP contribution in [0.4, 0.5) is 0 Å². The lowest BCUT2D eigenvalue weighted by Gasteiger charge is -2.27. The van der Waals surface area contributed by atoms with E-state index in [1.54, 1.807) is 6.20 Å². The van der Waals surface area contributed by atoms with E-state index in [0.717, 1.165) is 66.5 Å². The zero-order valence-corrected chi connectivity index (χ0v) is 19.2. The molecule has 8 nitrogen and oxygen atoms in total. The molecule has 1 saturated carbocycles. The number of aromatic amines is 1. The highest BCUT2D eigenvalue weighted by Crippen LogP contribution is 2.29. The molecule has 0 bridgehead atoms. The van der Waals surface area contributed by atoms with Gasteiger partial charge >= 0.3 is 6.01 Å². The minimum Gasteiger partial charge on any atom is -0.463 e. The second-order valence-corrected chi connectivity index (χ2v) is 9.25. The third-order valence-electron chi connectivity index (χ3n) is 6.45. The molecule has 8 heteroatoms. The van der Waals surface area contributed by atoms with Gasteiger partial charge in [-0.1, -0.05) is 6.07 Å². The molecule has 1 aliphatic heterocycles. The Morgan fingerprint density at radius 3 is 2.74 bits per heavy atom. The van der Waals surface area contributed by atoms with E-state index >= 15 is 0 Å². The van der Waals surface area contributed by atoms with Gasteiger partial charge in [-0.25, -0.2) is 9.97 Å². The lowest BCUT2D eigenvalue weighted by Crippen LogP contribution is -2.42. The van der Waals surface area contributed by atoms with Gasteiger partial charge in [0.1, 0.15) is 5.82 Å². The topological polar surface area (TPSA) is 91.9 Å². The largest absolute Gasteiger partial charge is 0.463 e. The van der Waals surface area contributed by atoms with Crippen LogP contribution in [0, 0.1) is 5.92 Å². The molecule has 1 aliphatic carbocycles. The number of hydrogen-bond acceptors (Lipinski definition) is 7. The van der Waals surface area contributed by atoms with Crippen LogP contribution in [0.5, 0.6) is 6.01 Å². The molecule has 1 aromatic carbocycles. The number of ether oxygens (including phenoxy) is 1. The van der Waals surface area contributed by atoms with Crippen molar-refractivity contribution in [3.63, 3.8) is 0 Å². The maximum atomic E-state index is 5.75. The van der Waals surface area contributed by atoms with E-state index in [4.69, 9.17) is 9.72 Å². The molecule has 4 aromatic rings. The first-order valence-corrected chi connectivity index (χ1v) is 12.1. The van der Waals surface area contributed by atoms with Crippen molar-refractivity contribution in [2.45, 2.75) is 25.8 Å². The molecule has 1 saturated heterocycles. The van der Waals surface area contributed by atoms with Gasteiger partial charge in [0.2, 0.25) is 0 Å². The molecule has 3 aromatic heterocycles. The molecular weight excluding hydrogens is 426 g/mol. The predicted octanol–water partition coefficient (Wildman–Crippen LogP) is 3.20. The molecule has 0 atom stereocenters. The van der Waals surface area contributed by atoms with E-state index in [9.17, 15) is 0 Å². The van der Waals surface area contributed by atoms with Gasteiger partial charge in [-0.15, -0.1) is 0 Å². The Balaban J connectivity index is 1.17. The SMILES string of the molecule is c1cc(CN2CCNCC2)cc(Cc2nc3ccc(-c4ccnc(OCC5CC5)n4)cc3[nH]2)n1. The van der Waals surface area contributed by atoms with Crippen LogP contribution in [0.25, 0.3) is 22.3 Å². The molecule has 2 fully saturated rings. The second kappa shape index (κ2) is 9.48. The average Bonchev–Trinajstić information content (AvgIpc) is 3.61. The number of H-pyrrole nitrogens is 1. The van der Waals surface area contributed by atoms with Crippen molar-refractivity contribution in [3.8, 4) is 17.3 Å². The number of pyridine rings is 1. The number of nitrogens with one attached hydrogen (secondary N) is 2. The Morgan fingerprint density at radius 1 is 0.971 bits per heavy atom. The summed E-state index contributed by atoms with van der Waals surface area (Å²) in [5.41, 5.74) is 6.12. The number of hydrogen-bond donors (Lipinski definition) is 2. The van der Waals surface area contributed by atoms with Gasteiger partial charge in [-0.2, -0.15) is 4.98 Å². The van der Waals surface area contributed by atoms with Gasteiger partial charge in [0.25, 0.3) is 0 Å². The first-order valence-electron chi connectivity index (χ1n) is 12.1. The third-order valence-corrected chi connectivity index (χ3v) is 6.45.